The lowest BCUT2D eigenvalue weighted by atomic mass is 10.2. The summed E-state index contributed by atoms with van der Waals surface area (Å²) in [4.78, 5) is 7.80. The Labute approximate surface area is 93.9 Å². The number of aromatic nitrogens is 2. The minimum absolute atomic E-state index is 0.211. The lowest BCUT2D eigenvalue weighted by Gasteiger charge is -2.15. The summed E-state index contributed by atoms with van der Waals surface area (Å²) in [5, 5.41) is 3.93. The van der Waals surface area contributed by atoms with Gasteiger partial charge in [-0.2, -0.15) is 4.98 Å². The SMILES string of the molecule is CCC(CC)Nc1nc(Cl)ncc1Cl. The molecule has 0 aliphatic rings. The van der Waals surface area contributed by atoms with E-state index in [9.17, 15) is 0 Å². The second-order valence-corrected chi connectivity index (χ2v) is 3.74. The van der Waals surface area contributed by atoms with E-state index in [0.717, 1.165) is 12.8 Å². The van der Waals surface area contributed by atoms with Gasteiger partial charge in [-0.1, -0.05) is 25.4 Å². The van der Waals surface area contributed by atoms with Crippen LogP contribution in [0, 0.1) is 0 Å². The summed E-state index contributed by atoms with van der Waals surface area (Å²) in [6, 6.07) is 0.374. The molecule has 1 N–H and O–H groups in total. The molecule has 0 aliphatic carbocycles. The standard InChI is InChI=1S/C9H13Cl2N3/c1-3-6(4-2)13-8-7(10)5-12-9(11)14-8/h5-6H,3-4H2,1-2H3,(H,12,13,14). The van der Waals surface area contributed by atoms with Gasteiger partial charge in [0.05, 0.1) is 6.20 Å². The van der Waals surface area contributed by atoms with Gasteiger partial charge in [0.2, 0.25) is 5.28 Å². The van der Waals surface area contributed by atoms with Crippen molar-refractivity contribution < 1.29 is 0 Å². The highest BCUT2D eigenvalue weighted by Crippen LogP contribution is 2.21. The van der Waals surface area contributed by atoms with Crippen LogP contribution >= 0.6 is 23.2 Å². The molecular formula is C9H13Cl2N3. The Balaban J connectivity index is 2.79. The predicted molar refractivity (Wildman–Crippen MR) is 60.0 cm³/mol. The molecule has 1 heterocycles. The second kappa shape index (κ2) is 5.37. The van der Waals surface area contributed by atoms with Crippen molar-refractivity contribution in [2.24, 2.45) is 0 Å². The third-order valence-corrected chi connectivity index (χ3v) is 2.50. The van der Waals surface area contributed by atoms with Gasteiger partial charge in [-0.15, -0.1) is 0 Å². The summed E-state index contributed by atoms with van der Waals surface area (Å²) < 4.78 is 0. The van der Waals surface area contributed by atoms with Crippen LogP contribution in [0.5, 0.6) is 0 Å². The highest BCUT2D eigenvalue weighted by atomic mass is 35.5. The summed E-state index contributed by atoms with van der Waals surface area (Å²) in [5.41, 5.74) is 0. The fraction of sp³-hybridized carbons (Fsp3) is 0.556. The van der Waals surface area contributed by atoms with Crippen molar-refractivity contribution in [1.29, 1.82) is 0 Å². The van der Waals surface area contributed by atoms with Gasteiger partial charge in [-0.25, -0.2) is 4.98 Å². The molecule has 1 rings (SSSR count). The molecule has 1 aromatic heterocycles. The molecule has 0 aliphatic heterocycles. The first-order valence-corrected chi connectivity index (χ1v) is 5.37. The van der Waals surface area contributed by atoms with Crippen molar-refractivity contribution >= 4 is 29.0 Å². The van der Waals surface area contributed by atoms with E-state index in [0.29, 0.717) is 16.9 Å². The van der Waals surface area contributed by atoms with Gasteiger partial charge in [-0.05, 0) is 24.4 Å². The second-order valence-electron chi connectivity index (χ2n) is 2.99. The van der Waals surface area contributed by atoms with Crippen molar-refractivity contribution in [3.05, 3.63) is 16.5 Å². The van der Waals surface area contributed by atoms with Gasteiger partial charge >= 0.3 is 0 Å². The van der Waals surface area contributed by atoms with E-state index in [1.54, 1.807) is 0 Å². The van der Waals surface area contributed by atoms with Crippen molar-refractivity contribution in [3.63, 3.8) is 0 Å². The number of rotatable bonds is 4. The average molecular weight is 234 g/mol. The molecule has 1 aromatic rings. The van der Waals surface area contributed by atoms with E-state index in [1.165, 1.54) is 6.20 Å². The van der Waals surface area contributed by atoms with E-state index < -0.39 is 0 Å². The smallest absolute Gasteiger partial charge is 0.224 e. The predicted octanol–water partition coefficient (Wildman–Crippen LogP) is 3.38. The zero-order valence-electron chi connectivity index (χ0n) is 8.22. The number of nitrogens with zero attached hydrogens (tertiary/aromatic N) is 2. The summed E-state index contributed by atoms with van der Waals surface area (Å²) >= 11 is 11.6. The molecule has 5 heteroatoms. The number of hydrogen-bond acceptors (Lipinski definition) is 3. The van der Waals surface area contributed by atoms with Gasteiger partial charge in [0.1, 0.15) is 10.8 Å². The Morgan fingerprint density at radius 2 is 2.00 bits per heavy atom. The normalized spacial score (nSPS) is 10.6. The molecule has 78 valence electrons. The first kappa shape index (κ1) is 11.5. The largest absolute Gasteiger partial charge is 0.366 e. The number of hydrogen-bond donors (Lipinski definition) is 1. The van der Waals surface area contributed by atoms with Gasteiger partial charge in [0, 0.05) is 6.04 Å². The average Bonchev–Trinajstić information content (AvgIpc) is 2.19. The highest BCUT2D eigenvalue weighted by molar-refractivity contribution is 6.33. The molecule has 0 unspecified atom stereocenters. The molecule has 0 aromatic carbocycles. The first-order chi connectivity index (χ1) is 6.67. The first-order valence-electron chi connectivity index (χ1n) is 4.62. The molecule has 0 amide bonds. The molecule has 0 saturated carbocycles. The summed E-state index contributed by atoms with van der Waals surface area (Å²) in [6.07, 6.45) is 3.55. The third-order valence-electron chi connectivity index (χ3n) is 2.04. The zero-order valence-corrected chi connectivity index (χ0v) is 9.73. The fourth-order valence-electron chi connectivity index (χ4n) is 1.13. The van der Waals surface area contributed by atoms with Crippen LogP contribution in [0.1, 0.15) is 26.7 Å². The van der Waals surface area contributed by atoms with Crippen LogP contribution in [0.25, 0.3) is 0 Å². The van der Waals surface area contributed by atoms with Crippen LogP contribution in [0.15, 0.2) is 6.20 Å². The Morgan fingerprint density at radius 1 is 1.36 bits per heavy atom. The third kappa shape index (κ3) is 3.00. The maximum Gasteiger partial charge on any atom is 0.224 e. The molecule has 0 spiro atoms. The minimum Gasteiger partial charge on any atom is -0.366 e. The van der Waals surface area contributed by atoms with Crippen LogP contribution in [-0.4, -0.2) is 16.0 Å². The fourth-order valence-corrected chi connectivity index (χ4v) is 1.41. The van der Waals surface area contributed by atoms with Gasteiger partial charge < -0.3 is 5.32 Å². The van der Waals surface area contributed by atoms with E-state index in [1.807, 2.05) is 0 Å². The van der Waals surface area contributed by atoms with E-state index in [2.05, 4.69) is 29.1 Å². The van der Waals surface area contributed by atoms with E-state index >= 15 is 0 Å². The van der Waals surface area contributed by atoms with Gasteiger partial charge in [0.15, 0.2) is 0 Å². The Kier molecular flexibility index (Phi) is 4.42. The summed E-state index contributed by atoms with van der Waals surface area (Å²) in [7, 11) is 0. The van der Waals surface area contributed by atoms with E-state index in [4.69, 9.17) is 23.2 Å². The maximum absolute atomic E-state index is 5.91. The summed E-state index contributed by atoms with van der Waals surface area (Å²) in [5.74, 6) is 0.611. The Hall–Kier alpha value is -0.540. The van der Waals surface area contributed by atoms with Crippen LogP contribution in [0.3, 0.4) is 0 Å². The molecule has 14 heavy (non-hydrogen) atoms. The zero-order chi connectivity index (χ0) is 10.6. The quantitative estimate of drug-likeness (QED) is 0.811. The monoisotopic (exact) mass is 233 g/mol. The Morgan fingerprint density at radius 3 is 2.57 bits per heavy atom. The van der Waals surface area contributed by atoms with Gasteiger partial charge in [-0.3, -0.25) is 0 Å². The van der Waals surface area contributed by atoms with Crippen LogP contribution in [0.4, 0.5) is 5.82 Å². The molecular weight excluding hydrogens is 221 g/mol. The maximum atomic E-state index is 5.91. The molecule has 3 nitrogen and oxygen atoms in total. The minimum atomic E-state index is 0.211. The van der Waals surface area contributed by atoms with Crippen LogP contribution in [0.2, 0.25) is 10.3 Å². The molecule has 0 bridgehead atoms. The van der Waals surface area contributed by atoms with Crippen molar-refractivity contribution in [2.75, 3.05) is 5.32 Å². The van der Waals surface area contributed by atoms with E-state index in [-0.39, 0.29) is 5.28 Å². The number of halogens is 2. The van der Waals surface area contributed by atoms with Crippen molar-refractivity contribution in [1.82, 2.24) is 9.97 Å². The van der Waals surface area contributed by atoms with Crippen molar-refractivity contribution in [3.8, 4) is 0 Å². The molecule has 0 fully saturated rings. The lowest BCUT2D eigenvalue weighted by Crippen LogP contribution is -2.18. The molecule has 0 atom stereocenters. The highest BCUT2D eigenvalue weighted by Gasteiger charge is 2.08. The molecule has 0 saturated heterocycles. The Bertz CT molecular complexity index is 300. The molecule has 0 radical (unpaired) electrons. The van der Waals surface area contributed by atoms with Crippen LogP contribution in [-0.2, 0) is 0 Å². The topological polar surface area (TPSA) is 37.8 Å². The number of anilines is 1. The summed E-state index contributed by atoms with van der Waals surface area (Å²) in [6.45, 7) is 4.22. The lowest BCUT2D eigenvalue weighted by molar-refractivity contribution is 0.668. The van der Waals surface area contributed by atoms with Crippen LogP contribution < -0.4 is 5.32 Å². The number of nitrogens with one attached hydrogen (secondary N) is 1. The van der Waals surface area contributed by atoms with Gasteiger partial charge in [0.25, 0.3) is 0 Å². The van der Waals surface area contributed by atoms with Crippen molar-refractivity contribution in [2.45, 2.75) is 32.7 Å².